The fraction of sp³-hybridized carbons (Fsp3) is 0.227. The smallest absolute Gasteiger partial charge is 0.265 e. The first-order chi connectivity index (χ1) is 13.6. The molecular formula is C22H19N3O3. The molecule has 1 aliphatic heterocycles. The van der Waals surface area contributed by atoms with Crippen LogP contribution in [0.1, 0.15) is 41.7 Å². The molecule has 0 saturated heterocycles. The third-order valence-corrected chi connectivity index (χ3v) is 5.14. The van der Waals surface area contributed by atoms with E-state index >= 15 is 0 Å². The SMILES string of the molecule is C[C@@H]1Oc2ccc(NC(=O)c3cc(C4CC4)nc4ccccc34)cc2NC1=O. The Morgan fingerprint density at radius 1 is 1.18 bits per heavy atom. The number of carbonyl (C=O) groups is 2. The number of para-hydroxylation sites is 1. The Morgan fingerprint density at radius 3 is 2.82 bits per heavy atom. The van der Waals surface area contributed by atoms with Crippen LogP contribution in [0.25, 0.3) is 10.9 Å². The number of hydrogen-bond donors (Lipinski definition) is 2. The summed E-state index contributed by atoms with van der Waals surface area (Å²) in [6.07, 6.45) is 1.71. The quantitative estimate of drug-likeness (QED) is 0.725. The number of pyridine rings is 1. The number of anilines is 2. The van der Waals surface area contributed by atoms with Crippen molar-refractivity contribution in [2.24, 2.45) is 0 Å². The van der Waals surface area contributed by atoms with E-state index in [1.165, 1.54) is 0 Å². The number of aromatic nitrogens is 1. The lowest BCUT2D eigenvalue weighted by Crippen LogP contribution is -2.34. The van der Waals surface area contributed by atoms with E-state index in [1.54, 1.807) is 25.1 Å². The first-order valence-electron chi connectivity index (χ1n) is 9.41. The van der Waals surface area contributed by atoms with E-state index < -0.39 is 6.10 Å². The zero-order chi connectivity index (χ0) is 19.3. The maximum atomic E-state index is 13.1. The van der Waals surface area contributed by atoms with E-state index in [9.17, 15) is 9.59 Å². The summed E-state index contributed by atoms with van der Waals surface area (Å²) >= 11 is 0. The zero-order valence-electron chi connectivity index (χ0n) is 15.4. The number of nitrogens with zero attached hydrogens (tertiary/aromatic N) is 1. The van der Waals surface area contributed by atoms with E-state index in [4.69, 9.17) is 9.72 Å². The van der Waals surface area contributed by atoms with E-state index in [1.807, 2.05) is 30.3 Å². The highest BCUT2D eigenvalue weighted by Crippen LogP contribution is 2.40. The maximum absolute atomic E-state index is 13.1. The minimum absolute atomic E-state index is 0.197. The fourth-order valence-electron chi connectivity index (χ4n) is 3.46. The Balaban J connectivity index is 1.48. The van der Waals surface area contributed by atoms with Crippen LogP contribution in [0.3, 0.4) is 0 Å². The number of nitrogens with one attached hydrogen (secondary N) is 2. The Hall–Kier alpha value is -3.41. The lowest BCUT2D eigenvalue weighted by molar-refractivity contribution is -0.122. The van der Waals surface area contributed by atoms with Gasteiger partial charge < -0.3 is 15.4 Å². The van der Waals surface area contributed by atoms with Gasteiger partial charge in [-0.15, -0.1) is 0 Å². The predicted octanol–water partition coefficient (Wildman–Crippen LogP) is 4.08. The van der Waals surface area contributed by atoms with Crippen LogP contribution < -0.4 is 15.4 Å². The van der Waals surface area contributed by atoms with E-state index in [0.717, 1.165) is 29.4 Å². The molecule has 28 heavy (non-hydrogen) atoms. The van der Waals surface area contributed by atoms with Gasteiger partial charge in [0.15, 0.2) is 6.10 Å². The summed E-state index contributed by atoms with van der Waals surface area (Å²) in [4.78, 5) is 29.6. The molecule has 1 atom stereocenters. The number of rotatable bonds is 3. The van der Waals surface area contributed by atoms with Crippen molar-refractivity contribution in [3.63, 3.8) is 0 Å². The molecule has 1 fully saturated rings. The van der Waals surface area contributed by atoms with Crippen LogP contribution in [0.2, 0.25) is 0 Å². The second-order valence-electron chi connectivity index (χ2n) is 7.30. The van der Waals surface area contributed by atoms with Crippen LogP contribution in [0, 0.1) is 0 Å². The van der Waals surface area contributed by atoms with Gasteiger partial charge in [-0.2, -0.15) is 0 Å². The number of ether oxygens (including phenoxy) is 1. The largest absolute Gasteiger partial charge is 0.479 e. The fourth-order valence-corrected chi connectivity index (χ4v) is 3.46. The van der Waals surface area contributed by atoms with Crippen LogP contribution in [-0.4, -0.2) is 22.9 Å². The van der Waals surface area contributed by atoms with Gasteiger partial charge in [0.2, 0.25) is 0 Å². The molecule has 140 valence electrons. The monoisotopic (exact) mass is 373 g/mol. The summed E-state index contributed by atoms with van der Waals surface area (Å²) in [5.74, 6) is 0.645. The van der Waals surface area contributed by atoms with Crippen molar-refractivity contribution in [1.29, 1.82) is 0 Å². The molecule has 2 heterocycles. The van der Waals surface area contributed by atoms with Crippen molar-refractivity contribution < 1.29 is 14.3 Å². The molecule has 2 aliphatic rings. The summed E-state index contributed by atoms with van der Waals surface area (Å²) in [6, 6.07) is 14.8. The number of carbonyl (C=O) groups excluding carboxylic acids is 2. The van der Waals surface area contributed by atoms with Gasteiger partial charge in [-0.3, -0.25) is 14.6 Å². The maximum Gasteiger partial charge on any atom is 0.265 e. The Labute approximate surface area is 161 Å². The molecule has 2 aromatic carbocycles. The van der Waals surface area contributed by atoms with Crippen molar-refractivity contribution in [3.8, 4) is 5.75 Å². The molecule has 1 saturated carbocycles. The second-order valence-corrected chi connectivity index (χ2v) is 7.30. The third kappa shape index (κ3) is 2.97. The zero-order valence-corrected chi connectivity index (χ0v) is 15.4. The molecule has 0 radical (unpaired) electrons. The molecule has 5 rings (SSSR count). The second kappa shape index (κ2) is 6.34. The van der Waals surface area contributed by atoms with Gasteiger partial charge in [0.1, 0.15) is 5.75 Å². The van der Waals surface area contributed by atoms with Crippen molar-refractivity contribution in [2.75, 3.05) is 10.6 Å². The highest BCUT2D eigenvalue weighted by Gasteiger charge is 2.27. The van der Waals surface area contributed by atoms with Crippen molar-refractivity contribution in [3.05, 3.63) is 59.8 Å². The molecular weight excluding hydrogens is 354 g/mol. The van der Waals surface area contributed by atoms with E-state index in [0.29, 0.717) is 28.6 Å². The molecule has 1 aromatic heterocycles. The summed E-state index contributed by atoms with van der Waals surface area (Å²) in [5, 5.41) is 6.57. The van der Waals surface area contributed by atoms with Gasteiger partial charge in [0.05, 0.1) is 16.8 Å². The molecule has 2 amide bonds. The van der Waals surface area contributed by atoms with Crippen LogP contribution in [-0.2, 0) is 4.79 Å². The summed E-state index contributed by atoms with van der Waals surface area (Å²) < 4.78 is 5.56. The first kappa shape index (κ1) is 16.7. The third-order valence-electron chi connectivity index (χ3n) is 5.14. The molecule has 2 N–H and O–H groups in total. The average molecular weight is 373 g/mol. The molecule has 3 aromatic rings. The average Bonchev–Trinajstić information content (AvgIpc) is 3.53. The number of hydrogen-bond acceptors (Lipinski definition) is 4. The standard InChI is InChI=1S/C22H19N3O3/c1-12-21(26)25-19-10-14(8-9-20(19)28-12)23-22(27)16-11-18(13-6-7-13)24-17-5-3-2-4-15(16)17/h2-5,8-13H,6-7H2,1H3,(H,23,27)(H,25,26)/t12-/m0/s1. The summed E-state index contributed by atoms with van der Waals surface area (Å²) in [7, 11) is 0. The van der Waals surface area contributed by atoms with Gasteiger partial charge in [-0.05, 0) is 50.1 Å². The molecule has 0 unspecified atom stereocenters. The highest BCUT2D eigenvalue weighted by molar-refractivity contribution is 6.12. The van der Waals surface area contributed by atoms with Crippen molar-refractivity contribution >= 4 is 34.1 Å². The minimum Gasteiger partial charge on any atom is -0.479 e. The molecule has 0 spiro atoms. The van der Waals surface area contributed by atoms with Crippen LogP contribution in [0.4, 0.5) is 11.4 Å². The first-order valence-corrected chi connectivity index (χ1v) is 9.41. The van der Waals surface area contributed by atoms with Gasteiger partial charge in [-0.1, -0.05) is 18.2 Å². The lowest BCUT2D eigenvalue weighted by Gasteiger charge is -2.23. The highest BCUT2D eigenvalue weighted by atomic mass is 16.5. The number of amides is 2. The van der Waals surface area contributed by atoms with Gasteiger partial charge in [0, 0.05) is 22.7 Å². The van der Waals surface area contributed by atoms with Crippen molar-refractivity contribution in [2.45, 2.75) is 31.8 Å². The molecule has 1 aliphatic carbocycles. The topological polar surface area (TPSA) is 80.3 Å². The Bertz CT molecular complexity index is 1120. The molecule has 6 nitrogen and oxygen atoms in total. The number of benzene rings is 2. The Morgan fingerprint density at radius 2 is 2.00 bits per heavy atom. The Kier molecular flexibility index (Phi) is 3.79. The summed E-state index contributed by atoms with van der Waals surface area (Å²) in [6.45, 7) is 1.69. The normalized spacial score (nSPS) is 18.2. The molecule has 6 heteroatoms. The van der Waals surface area contributed by atoms with Crippen LogP contribution in [0.15, 0.2) is 48.5 Å². The van der Waals surface area contributed by atoms with Crippen LogP contribution in [0.5, 0.6) is 5.75 Å². The number of fused-ring (bicyclic) bond motifs is 2. The van der Waals surface area contributed by atoms with Gasteiger partial charge >= 0.3 is 0 Å². The van der Waals surface area contributed by atoms with Gasteiger partial charge in [-0.25, -0.2) is 0 Å². The van der Waals surface area contributed by atoms with E-state index in [-0.39, 0.29) is 11.8 Å². The predicted molar refractivity (Wildman–Crippen MR) is 107 cm³/mol. The van der Waals surface area contributed by atoms with Crippen molar-refractivity contribution in [1.82, 2.24) is 4.98 Å². The van der Waals surface area contributed by atoms with Crippen LogP contribution >= 0.6 is 0 Å². The van der Waals surface area contributed by atoms with E-state index in [2.05, 4.69) is 10.6 Å². The van der Waals surface area contributed by atoms with Gasteiger partial charge in [0.25, 0.3) is 11.8 Å². The summed E-state index contributed by atoms with van der Waals surface area (Å²) in [5.41, 5.74) is 3.57. The minimum atomic E-state index is -0.531. The lowest BCUT2D eigenvalue weighted by atomic mass is 10.1. The molecule has 0 bridgehead atoms.